The lowest BCUT2D eigenvalue weighted by Gasteiger charge is -2.29. The van der Waals surface area contributed by atoms with Crippen LogP contribution in [0.2, 0.25) is 0 Å². The molecule has 7 heteroatoms. The zero-order chi connectivity index (χ0) is 22.1. The maximum atomic E-state index is 5.79. The molecular formula is C24H30N6S. The lowest BCUT2D eigenvalue weighted by atomic mass is 9.97. The maximum Gasteiger partial charge on any atom is 0.170 e. The molecule has 0 spiro atoms. The molecule has 0 aliphatic carbocycles. The number of aryl methyl sites for hydroxylation is 2. The van der Waals surface area contributed by atoms with Gasteiger partial charge >= 0.3 is 0 Å². The first-order valence-corrected chi connectivity index (χ1v) is 11.0. The molecule has 3 aromatic rings. The molecular weight excluding hydrogens is 404 g/mol. The second kappa shape index (κ2) is 8.77. The number of hydrogen-bond acceptors (Lipinski definition) is 4. The minimum atomic E-state index is -0.00437. The summed E-state index contributed by atoms with van der Waals surface area (Å²) in [6.07, 6.45) is 3.72. The average molecular weight is 435 g/mol. The summed E-state index contributed by atoms with van der Waals surface area (Å²) in [5.74, 6) is 0.948. The van der Waals surface area contributed by atoms with Crippen LogP contribution in [0.15, 0.2) is 48.8 Å². The molecule has 3 aromatic heterocycles. The zero-order valence-electron chi connectivity index (χ0n) is 18.8. The molecule has 0 radical (unpaired) electrons. The van der Waals surface area contributed by atoms with Crippen molar-refractivity contribution < 1.29 is 0 Å². The molecule has 1 saturated heterocycles. The molecule has 31 heavy (non-hydrogen) atoms. The largest absolute Gasteiger partial charge is 0.352 e. The molecule has 1 aliphatic rings. The Balaban J connectivity index is 1.81. The van der Waals surface area contributed by atoms with E-state index >= 15 is 0 Å². The van der Waals surface area contributed by atoms with Crippen LogP contribution in [0.1, 0.15) is 40.3 Å². The van der Waals surface area contributed by atoms with E-state index in [2.05, 4.69) is 82.7 Å². The van der Waals surface area contributed by atoms with Crippen LogP contribution in [0.25, 0.3) is 5.82 Å². The van der Waals surface area contributed by atoms with Crippen molar-refractivity contribution in [3.63, 3.8) is 0 Å². The van der Waals surface area contributed by atoms with E-state index in [-0.39, 0.29) is 12.1 Å². The number of aromatic nitrogens is 3. The van der Waals surface area contributed by atoms with Crippen molar-refractivity contribution in [2.45, 2.75) is 32.9 Å². The molecule has 0 bridgehead atoms. The summed E-state index contributed by atoms with van der Waals surface area (Å²) in [6, 6.07) is 12.5. The fourth-order valence-corrected chi connectivity index (χ4v) is 4.71. The summed E-state index contributed by atoms with van der Waals surface area (Å²) < 4.78 is 2.24. The molecule has 0 aromatic carbocycles. The number of thiocarbonyl (C=S) groups is 1. The Labute approximate surface area is 189 Å². The zero-order valence-corrected chi connectivity index (χ0v) is 19.6. The van der Waals surface area contributed by atoms with Gasteiger partial charge in [0, 0.05) is 36.9 Å². The lowest BCUT2D eigenvalue weighted by molar-refractivity contribution is 0.277. The second-order valence-electron chi connectivity index (χ2n) is 8.48. The molecule has 1 fully saturated rings. The van der Waals surface area contributed by atoms with Gasteiger partial charge in [0.15, 0.2) is 5.11 Å². The first-order chi connectivity index (χ1) is 14.9. The van der Waals surface area contributed by atoms with E-state index in [0.29, 0.717) is 0 Å². The van der Waals surface area contributed by atoms with Gasteiger partial charge in [-0.3, -0.25) is 4.98 Å². The molecule has 162 valence electrons. The highest BCUT2D eigenvalue weighted by atomic mass is 32.1. The van der Waals surface area contributed by atoms with E-state index in [0.717, 1.165) is 35.4 Å². The van der Waals surface area contributed by atoms with Gasteiger partial charge in [-0.15, -0.1) is 0 Å². The van der Waals surface area contributed by atoms with Gasteiger partial charge in [-0.2, -0.15) is 0 Å². The minimum Gasteiger partial charge on any atom is -0.352 e. The third kappa shape index (κ3) is 4.20. The van der Waals surface area contributed by atoms with Gasteiger partial charge < -0.3 is 19.7 Å². The SMILES string of the molecule is Cc1ccnc(-n2c(C)cc([C@@H]3[C@H](c4ccccn4)NC(=S)N3CCN(C)C)c2C)c1. The van der Waals surface area contributed by atoms with Gasteiger partial charge in [-0.1, -0.05) is 6.07 Å². The van der Waals surface area contributed by atoms with Crippen molar-refractivity contribution >= 4 is 17.3 Å². The van der Waals surface area contributed by atoms with E-state index in [4.69, 9.17) is 12.2 Å². The highest BCUT2D eigenvalue weighted by molar-refractivity contribution is 7.80. The molecule has 1 N–H and O–H groups in total. The van der Waals surface area contributed by atoms with Gasteiger partial charge in [0.05, 0.1) is 17.8 Å². The Morgan fingerprint density at radius 3 is 2.55 bits per heavy atom. The third-order valence-electron chi connectivity index (χ3n) is 5.90. The topological polar surface area (TPSA) is 49.2 Å². The Kier molecular flexibility index (Phi) is 6.07. The monoisotopic (exact) mass is 434 g/mol. The minimum absolute atomic E-state index is 0.00437. The van der Waals surface area contributed by atoms with Crippen LogP contribution in [0.3, 0.4) is 0 Å². The molecule has 0 amide bonds. The Morgan fingerprint density at radius 1 is 1.06 bits per heavy atom. The fourth-order valence-electron chi connectivity index (χ4n) is 4.37. The van der Waals surface area contributed by atoms with Gasteiger partial charge in [0.25, 0.3) is 0 Å². The van der Waals surface area contributed by atoms with Crippen LogP contribution in [-0.2, 0) is 0 Å². The van der Waals surface area contributed by atoms with E-state index in [1.807, 2.05) is 30.6 Å². The van der Waals surface area contributed by atoms with Crippen LogP contribution in [0, 0.1) is 20.8 Å². The summed E-state index contributed by atoms with van der Waals surface area (Å²) in [7, 11) is 4.18. The van der Waals surface area contributed by atoms with Gasteiger partial charge in [-0.25, -0.2) is 4.98 Å². The van der Waals surface area contributed by atoms with E-state index < -0.39 is 0 Å². The molecule has 0 saturated carbocycles. The number of rotatable bonds is 6. The van der Waals surface area contributed by atoms with Gasteiger partial charge in [0.1, 0.15) is 5.82 Å². The molecule has 6 nitrogen and oxygen atoms in total. The van der Waals surface area contributed by atoms with Gasteiger partial charge in [0.2, 0.25) is 0 Å². The van der Waals surface area contributed by atoms with Crippen LogP contribution in [0.4, 0.5) is 0 Å². The highest BCUT2D eigenvalue weighted by Gasteiger charge is 2.41. The molecule has 1 aliphatic heterocycles. The Bertz CT molecular complexity index is 1070. The van der Waals surface area contributed by atoms with Crippen molar-refractivity contribution in [3.8, 4) is 5.82 Å². The van der Waals surface area contributed by atoms with E-state index in [1.165, 1.54) is 16.8 Å². The lowest BCUT2D eigenvalue weighted by Crippen LogP contribution is -2.35. The first-order valence-electron chi connectivity index (χ1n) is 10.6. The fraction of sp³-hybridized carbons (Fsp3) is 0.375. The summed E-state index contributed by atoms with van der Waals surface area (Å²) in [5, 5.41) is 4.33. The standard InChI is InChI=1S/C24H30N6S/c1-16-9-11-26-21(14-16)30-17(2)15-19(18(30)3)23-22(20-8-6-7-10-25-20)27-24(31)29(23)13-12-28(4)5/h6-11,14-15,22-23H,12-13H2,1-5H3,(H,27,31)/t22-,23+/m0/s1. The quantitative estimate of drug-likeness (QED) is 0.597. The van der Waals surface area contributed by atoms with Crippen LogP contribution >= 0.6 is 12.2 Å². The summed E-state index contributed by atoms with van der Waals surface area (Å²) >= 11 is 5.79. The highest BCUT2D eigenvalue weighted by Crippen LogP contribution is 2.41. The Morgan fingerprint density at radius 2 is 1.87 bits per heavy atom. The number of nitrogens with zero attached hydrogens (tertiary/aromatic N) is 5. The third-order valence-corrected chi connectivity index (χ3v) is 6.26. The van der Waals surface area contributed by atoms with Crippen molar-refractivity contribution in [2.24, 2.45) is 0 Å². The number of likely N-dealkylation sites (N-methyl/N-ethyl adjacent to an activating group) is 1. The van der Waals surface area contributed by atoms with Crippen LogP contribution in [-0.4, -0.2) is 56.6 Å². The molecule has 4 heterocycles. The molecule has 4 rings (SSSR count). The summed E-state index contributed by atoms with van der Waals surface area (Å²) in [4.78, 5) is 13.8. The first kappa shape index (κ1) is 21.5. The average Bonchev–Trinajstić information content (AvgIpc) is 3.22. The smallest absolute Gasteiger partial charge is 0.170 e. The number of nitrogens with one attached hydrogen (secondary N) is 1. The second-order valence-corrected chi connectivity index (χ2v) is 8.86. The van der Waals surface area contributed by atoms with Crippen LogP contribution in [0.5, 0.6) is 0 Å². The predicted octanol–water partition coefficient (Wildman–Crippen LogP) is 3.73. The van der Waals surface area contributed by atoms with E-state index in [1.54, 1.807) is 0 Å². The maximum absolute atomic E-state index is 5.79. The Hall–Kier alpha value is -2.77. The van der Waals surface area contributed by atoms with Crippen molar-refractivity contribution in [2.75, 3.05) is 27.2 Å². The normalized spacial score (nSPS) is 18.6. The summed E-state index contributed by atoms with van der Waals surface area (Å²) in [6.45, 7) is 8.18. The molecule has 2 atom stereocenters. The molecule has 0 unspecified atom stereocenters. The predicted molar refractivity (Wildman–Crippen MR) is 128 cm³/mol. The van der Waals surface area contributed by atoms with Crippen molar-refractivity contribution in [1.82, 2.24) is 29.7 Å². The van der Waals surface area contributed by atoms with Crippen molar-refractivity contribution in [3.05, 3.63) is 77.0 Å². The number of hydrogen-bond donors (Lipinski definition) is 1. The van der Waals surface area contributed by atoms with Crippen LogP contribution < -0.4 is 5.32 Å². The number of pyridine rings is 2. The van der Waals surface area contributed by atoms with E-state index in [9.17, 15) is 0 Å². The van der Waals surface area contributed by atoms with Gasteiger partial charge in [-0.05, 0) is 88.5 Å². The summed E-state index contributed by atoms with van der Waals surface area (Å²) in [5.41, 5.74) is 5.80. The van der Waals surface area contributed by atoms with Crippen molar-refractivity contribution in [1.29, 1.82) is 0 Å².